The number of carbonyl (C=O) groups excluding carboxylic acids is 1. The van der Waals surface area contributed by atoms with Crippen molar-refractivity contribution < 1.29 is 13.6 Å². The van der Waals surface area contributed by atoms with E-state index in [1.807, 2.05) is 6.20 Å². The van der Waals surface area contributed by atoms with Crippen LogP contribution < -0.4 is 5.32 Å². The Morgan fingerprint density at radius 3 is 2.70 bits per heavy atom. The van der Waals surface area contributed by atoms with E-state index in [1.165, 1.54) is 0 Å². The first-order chi connectivity index (χ1) is 9.55. The minimum absolute atomic E-state index is 0.187. The van der Waals surface area contributed by atoms with Crippen molar-refractivity contribution in [2.75, 3.05) is 19.6 Å². The molecule has 1 unspecified atom stereocenters. The van der Waals surface area contributed by atoms with Crippen LogP contribution >= 0.6 is 0 Å². The molecule has 3 heterocycles. The Kier molecular flexibility index (Phi) is 3.45. The maximum Gasteiger partial charge on any atom is 0.262 e. The van der Waals surface area contributed by atoms with Gasteiger partial charge in [-0.2, -0.15) is 5.10 Å². The average molecular weight is 284 g/mol. The molecule has 2 aliphatic heterocycles. The predicted octanol–water partition coefficient (Wildman–Crippen LogP) is 1.11. The van der Waals surface area contributed by atoms with Crippen molar-refractivity contribution >= 4 is 5.91 Å². The van der Waals surface area contributed by atoms with Crippen LogP contribution in [0.25, 0.3) is 0 Å². The molecule has 110 valence electrons. The number of H-pyrrole nitrogens is 1. The van der Waals surface area contributed by atoms with Gasteiger partial charge in [0, 0.05) is 25.7 Å². The number of piperidine rings is 1. The summed E-state index contributed by atoms with van der Waals surface area (Å²) in [7, 11) is 0. The van der Waals surface area contributed by atoms with Crippen molar-refractivity contribution in [3.8, 4) is 0 Å². The van der Waals surface area contributed by atoms with Crippen LogP contribution in [0.4, 0.5) is 8.78 Å². The molecule has 7 heteroatoms. The number of hydrogen-bond acceptors (Lipinski definition) is 3. The zero-order chi connectivity index (χ0) is 14.2. The van der Waals surface area contributed by atoms with Gasteiger partial charge in [0.2, 0.25) is 5.91 Å². The number of likely N-dealkylation sites (tertiary alicyclic amines) is 1. The van der Waals surface area contributed by atoms with Gasteiger partial charge in [0.25, 0.3) is 5.92 Å². The van der Waals surface area contributed by atoms with Gasteiger partial charge in [-0.25, -0.2) is 8.78 Å². The topological polar surface area (TPSA) is 61.0 Å². The van der Waals surface area contributed by atoms with Crippen molar-refractivity contribution in [1.29, 1.82) is 0 Å². The van der Waals surface area contributed by atoms with Crippen molar-refractivity contribution in [2.24, 2.45) is 0 Å². The number of rotatable bonds is 2. The molecule has 0 aromatic carbocycles. The summed E-state index contributed by atoms with van der Waals surface area (Å²) in [6.07, 6.45) is 5.01. The van der Waals surface area contributed by atoms with Crippen LogP contribution in [-0.2, 0) is 4.79 Å². The maximum atomic E-state index is 13.1. The monoisotopic (exact) mass is 284 g/mol. The molecular weight excluding hydrogens is 266 g/mol. The van der Waals surface area contributed by atoms with Gasteiger partial charge in [-0.3, -0.25) is 15.2 Å². The number of aromatic amines is 1. The van der Waals surface area contributed by atoms with Gasteiger partial charge in [0.1, 0.15) is 0 Å². The fourth-order valence-corrected chi connectivity index (χ4v) is 3.03. The number of amides is 1. The Balaban J connectivity index is 1.54. The molecule has 2 N–H and O–H groups in total. The smallest absolute Gasteiger partial charge is 0.262 e. The molecule has 5 nitrogen and oxygen atoms in total. The summed E-state index contributed by atoms with van der Waals surface area (Å²) in [6, 6.07) is -0.726. The van der Waals surface area contributed by atoms with E-state index in [4.69, 9.17) is 0 Å². The van der Waals surface area contributed by atoms with Gasteiger partial charge < -0.3 is 4.90 Å². The van der Waals surface area contributed by atoms with Crippen LogP contribution in [0.5, 0.6) is 0 Å². The highest BCUT2D eigenvalue weighted by Gasteiger charge is 2.43. The average Bonchev–Trinajstić information content (AvgIpc) is 3.07. The van der Waals surface area contributed by atoms with E-state index < -0.39 is 18.5 Å². The molecule has 0 radical (unpaired) electrons. The minimum atomic E-state index is -2.75. The zero-order valence-corrected chi connectivity index (χ0v) is 11.1. The molecule has 2 fully saturated rings. The van der Waals surface area contributed by atoms with Crippen molar-refractivity contribution in [3.63, 3.8) is 0 Å². The van der Waals surface area contributed by atoms with E-state index in [-0.39, 0.29) is 12.3 Å². The molecule has 20 heavy (non-hydrogen) atoms. The second-order valence-corrected chi connectivity index (χ2v) is 5.62. The molecule has 0 saturated carbocycles. The lowest BCUT2D eigenvalue weighted by Gasteiger charge is -2.33. The fraction of sp³-hybridized carbons (Fsp3) is 0.692. The molecule has 3 rings (SSSR count). The Hall–Kier alpha value is -1.50. The molecule has 0 spiro atoms. The highest BCUT2D eigenvalue weighted by molar-refractivity contribution is 5.82. The largest absolute Gasteiger partial charge is 0.341 e. The van der Waals surface area contributed by atoms with Crippen LogP contribution in [0, 0.1) is 0 Å². The maximum absolute atomic E-state index is 13.1. The highest BCUT2D eigenvalue weighted by atomic mass is 19.3. The van der Waals surface area contributed by atoms with Gasteiger partial charge in [0.15, 0.2) is 0 Å². The van der Waals surface area contributed by atoms with Gasteiger partial charge in [-0.05, 0) is 24.3 Å². The predicted molar refractivity (Wildman–Crippen MR) is 68.5 cm³/mol. The lowest BCUT2D eigenvalue weighted by atomic mass is 9.91. The standard InChI is InChI=1S/C13H18F2N4O/c14-13(15)5-11(16-8-13)12(20)19-3-1-9(2-4-19)10-6-17-18-7-10/h6-7,9,11,16H,1-5,8H2,(H,17,18). The summed E-state index contributed by atoms with van der Waals surface area (Å²) >= 11 is 0. The van der Waals surface area contributed by atoms with E-state index in [0.29, 0.717) is 19.0 Å². The summed E-state index contributed by atoms with van der Waals surface area (Å²) < 4.78 is 26.3. The normalized spacial score (nSPS) is 26.9. The van der Waals surface area contributed by atoms with Gasteiger partial charge in [-0.15, -0.1) is 0 Å². The number of nitrogens with zero attached hydrogens (tertiary/aromatic N) is 2. The number of nitrogens with one attached hydrogen (secondary N) is 2. The summed E-state index contributed by atoms with van der Waals surface area (Å²) in [4.78, 5) is 13.9. The molecular formula is C13H18F2N4O. The number of halogens is 2. The molecule has 2 saturated heterocycles. The SMILES string of the molecule is O=C(C1CC(F)(F)CN1)N1CCC(c2cn[nH]c2)CC1. The van der Waals surface area contributed by atoms with Crippen LogP contribution in [0.1, 0.15) is 30.7 Å². The van der Waals surface area contributed by atoms with Crippen molar-refractivity contribution in [3.05, 3.63) is 18.0 Å². The van der Waals surface area contributed by atoms with E-state index in [1.54, 1.807) is 11.1 Å². The Bertz CT molecular complexity index is 469. The summed E-state index contributed by atoms with van der Waals surface area (Å²) in [6.45, 7) is 0.853. The van der Waals surface area contributed by atoms with Gasteiger partial charge in [-0.1, -0.05) is 0 Å². The Morgan fingerprint density at radius 2 is 2.15 bits per heavy atom. The fourth-order valence-electron chi connectivity index (χ4n) is 3.03. The van der Waals surface area contributed by atoms with E-state index >= 15 is 0 Å². The third kappa shape index (κ3) is 2.67. The summed E-state index contributed by atoms with van der Waals surface area (Å²) in [5.74, 6) is -2.54. The Labute approximate surface area is 115 Å². The molecule has 1 aromatic rings. The number of alkyl halides is 2. The third-order valence-corrected chi connectivity index (χ3v) is 4.21. The van der Waals surface area contributed by atoms with Crippen molar-refractivity contribution in [1.82, 2.24) is 20.4 Å². The summed E-state index contributed by atoms with van der Waals surface area (Å²) in [5.41, 5.74) is 1.16. The number of hydrogen-bond donors (Lipinski definition) is 2. The number of aromatic nitrogens is 2. The van der Waals surface area contributed by atoms with E-state index in [9.17, 15) is 13.6 Å². The first-order valence-electron chi connectivity index (χ1n) is 6.94. The second-order valence-electron chi connectivity index (χ2n) is 5.62. The molecule has 2 aliphatic rings. The first-order valence-corrected chi connectivity index (χ1v) is 6.94. The lowest BCUT2D eigenvalue weighted by Crippen LogP contribution is -2.46. The first kappa shape index (κ1) is 13.5. The second kappa shape index (κ2) is 5.12. The van der Waals surface area contributed by atoms with Crippen molar-refractivity contribution in [2.45, 2.75) is 37.1 Å². The van der Waals surface area contributed by atoms with Gasteiger partial charge in [0.05, 0.1) is 18.8 Å². The highest BCUT2D eigenvalue weighted by Crippen LogP contribution is 2.30. The quantitative estimate of drug-likeness (QED) is 0.855. The van der Waals surface area contributed by atoms with E-state index in [0.717, 1.165) is 18.4 Å². The molecule has 1 amide bonds. The number of carbonyl (C=O) groups is 1. The van der Waals surface area contributed by atoms with Crippen LogP contribution in [0.2, 0.25) is 0 Å². The molecule has 1 atom stereocenters. The molecule has 0 bridgehead atoms. The van der Waals surface area contributed by atoms with Gasteiger partial charge >= 0.3 is 0 Å². The van der Waals surface area contributed by atoms with Crippen LogP contribution in [0.3, 0.4) is 0 Å². The molecule has 0 aliphatic carbocycles. The summed E-state index contributed by atoms with van der Waals surface area (Å²) in [5, 5.41) is 9.35. The minimum Gasteiger partial charge on any atom is -0.341 e. The molecule has 1 aromatic heterocycles. The Morgan fingerprint density at radius 1 is 1.40 bits per heavy atom. The van der Waals surface area contributed by atoms with E-state index in [2.05, 4.69) is 15.5 Å². The third-order valence-electron chi connectivity index (χ3n) is 4.21. The zero-order valence-electron chi connectivity index (χ0n) is 11.1. The van der Waals surface area contributed by atoms with Crippen LogP contribution in [-0.4, -0.2) is 52.6 Å². The lowest BCUT2D eigenvalue weighted by molar-refractivity contribution is -0.134. The van der Waals surface area contributed by atoms with Crippen LogP contribution in [0.15, 0.2) is 12.4 Å².